The molecule has 0 N–H and O–H groups in total. The number of imidazole rings is 1. The third-order valence-electron chi connectivity index (χ3n) is 5.09. The van der Waals surface area contributed by atoms with Crippen LogP contribution < -0.4 is 0 Å². The zero-order chi connectivity index (χ0) is 14.5. The smallest absolute Gasteiger partial charge is 0.146 e. The molecule has 0 aliphatic heterocycles. The van der Waals surface area contributed by atoms with Gasteiger partial charge in [0.05, 0.1) is 5.52 Å². The van der Waals surface area contributed by atoms with Crippen molar-refractivity contribution in [2.24, 2.45) is 0 Å². The molecule has 22 heavy (non-hydrogen) atoms. The van der Waals surface area contributed by atoms with Crippen LogP contribution in [0.25, 0.3) is 27.7 Å². The Kier molecular flexibility index (Phi) is 2.57. The second kappa shape index (κ2) is 4.60. The Balaban J connectivity index is 1.94. The summed E-state index contributed by atoms with van der Waals surface area (Å²) in [6, 6.07) is 15.6. The SMILES string of the molecule is c1ccc2c(c1)c1nc3ccccn3c1n2C1CCCCC1. The predicted molar refractivity (Wildman–Crippen MR) is 90.3 cm³/mol. The lowest BCUT2D eigenvalue weighted by molar-refractivity contribution is 0.366. The minimum absolute atomic E-state index is 0.608. The lowest BCUT2D eigenvalue weighted by Crippen LogP contribution is -2.13. The first-order valence-electron chi connectivity index (χ1n) is 8.29. The van der Waals surface area contributed by atoms with Crippen LogP contribution in [0.4, 0.5) is 0 Å². The van der Waals surface area contributed by atoms with Crippen molar-refractivity contribution < 1.29 is 0 Å². The maximum atomic E-state index is 4.90. The van der Waals surface area contributed by atoms with Crippen LogP contribution in [0.5, 0.6) is 0 Å². The molecular formula is C19H19N3. The van der Waals surface area contributed by atoms with E-state index in [1.807, 2.05) is 0 Å². The summed E-state index contributed by atoms with van der Waals surface area (Å²) < 4.78 is 4.81. The summed E-state index contributed by atoms with van der Waals surface area (Å²) >= 11 is 0. The van der Waals surface area contributed by atoms with Gasteiger partial charge in [-0.25, -0.2) is 4.98 Å². The van der Waals surface area contributed by atoms with Gasteiger partial charge in [0.1, 0.15) is 16.8 Å². The van der Waals surface area contributed by atoms with E-state index in [0.29, 0.717) is 6.04 Å². The molecule has 0 radical (unpaired) electrons. The highest BCUT2D eigenvalue weighted by Gasteiger charge is 2.23. The Hall–Kier alpha value is -2.29. The molecule has 1 fully saturated rings. The highest BCUT2D eigenvalue weighted by molar-refractivity contribution is 6.06. The zero-order valence-corrected chi connectivity index (χ0v) is 12.6. The summed E-state index contributed by atoms with van der Waals surface area (Å²) in [5, 5.41) is 1.28. The monoisotopic (exact) mass is 289 g/mol. The van der Waals surface area contributed by atoms with Gasteiger partial charge in [0, 0.05) is 17.6 Å². The second-order valence-corrected chi connectivity index (χ2v) is 6.39. The highest BCUT2D eigenvalue weighted by atomic mass is 15.2. The van der Waals surface area contributed by atoms with Crippen molar-refractivity contribution in [3.05, 3.63) is 48.7 Å². The number of para-hydroxylation sites is 1. The van der Waals surface area contributed by atoms with Crippen LogP contribution in [0.2, 0.25) is 0 Å². The first-order valence-corrected chi connectivity index (χ1v) is 8.29. The van der Waals surface area contributed by atoms with Crippen LogP contribution in [0, 0.1) is 0 Å². The van der Waals surface area contributed by atoms with Gasteiger partial charge in [-0.05, 0) is 31.0 Å². The van der Waals surface area contributed by atoms with Gasteiger partial charge in [-0.15, -0.1) is 0 Å². The summed E-state index contributed by atoms with van der Waals surface area (Å²) in [5.74, 6) is 0. The topological polar surface area (TPSA) is 22.2 Å². The minimum atomic E-state index is 0.608. The number of rotatable bonds is 1. The molecule has 110 valence electrons. The predicted octanol–water partition coefficient (Wildman–Crippen LogP) is 4.95. The standard InChI is InChI=1S/C19H19N3/c1-2-8-14(9-3-1)22-16-11-5-4-10-15(16)18-19(22)21-13-7-6-12-17(21)20-18/h4-7,10-14H,1-3,8-9H2. The van der Waals surface area contributed by atoms with E-state index in [2.05, 4.69) is 57.6 Å². The Bertz CT molecular complexity index is 964. The molecule has 1 aliphatic carbocycles. The Morgan fingerprint density at radius 3 is 2.64 bits per heavy atom. The van der Waals surface area contributed by atoms with E-state index in [-0.39, 0.29) is 0 Å². The van der Waals surface area contributed by atoms with Crippen molar-refractivity contribution in [3.63, 3.8) is 0 Å². The number of benzene rings is 1. The summed E-state index contributed by atoms with van der Waals surface area (Å²) in [7, 11) is 0. The van der Waals surface area contributed by atoms with Crippen molar-refractivity contribution in [1.29, 1.82) is 0 Å². The summed E-state index contributed by atoms with van der Waals surface area (Å²) in [6.07, 6.45) is 8.78. The molecule has 4 aromatic rings. The molecule has 0 amide bonds. The van der Waals surface area contributed by atoms with Gasteiger partial charge in [-0.3, -0.25) is 4.40 Å². The molecule has 0 spiro atoms. The average Bonchev–Trinajstić information content (AvgIpc) is 3.10. The molecule has 0 atom stereocenters. The van der Waals surface area contributed by atoms with E-state index in [1.165, 1.54) is 48.7 Å². The molecule has 3 heteroatoms. The third-order valence-corrected chi connectivity index (χ3v) is 5.09. The van der Waals surface area contributed by atoms with E-state index >= 15 is 0 Å². The molecule has 0 unspecified atom stereocenters. The van der Waals surface area contributed by atoms with E-state index in [1.54, 1.807) is 0 Å². The number of nitrogens with zero attached hydrogens (tertiary/aromatic N) is 3. The quantitative estimate of drug-likeness (QED) is 0.486. The van der Waals surface area contributed by atoms with E-state index in [0.717, 1.165) is 11.2 Å². The van der Waals surface area contributed by atoms with Crippen molar-refractivity contribution in [3.8, 4) is 0 Å². The largest absolute Gasteiger partial charge is 0.322 e. The normalized spacial score (nSPS) is 16.9. The maximum absolute atomic E-state index is 4.90. The van der Waals surface area contributed by atoms with Crippen molar-refractivity contribution >= 4 is 27.7 Å². The van der Waals surface area contributed by atoms with Gasteiger partial charge in [0.15, 0.2) is 0 Å². The molecule has 3 heterocycles. The Morgan fingerprint density at radius 2 is 1.73 bits per heavy atom. The van der Waals surface area contributed by atoms with Gasteiger partial charge >= 0.3 is 0 Å². The molecule has 1 aromatic carbocycles. The zero-order valence-electron chi connectivity index (χ0n) is 12.6. The van der Waals surface area contributed by atoms with Gasteiger partial charge < -0.3 is 4.57 Å². The van der Waals surface area contributed by atoms with Crippen molar-refractivity contribution in [1.82, 2.24) is 14.0 Å². The van der Waals surface area contributed by atoms with Crippen LogP contribution in [0.15, 0.2) is 48.7 Å². The van der Waals surface area contributed by atoms with Crippen LogP contribution in [0.3, 0.4) is 0 Å². The summed E-state index contributed by atoms with van der Waals surface area (Å²) in [5.41, 5.74) is 4.80. The average molecular weight is 289 g/mol. The number of aromatic nitrogens is 3. The molecular weight excluding hydrogens is 270 g/mol. The lowest BCUT2D eigenvalue weighted by Gasteiger charge is -2.25. The fraction of sp³-hybridized carbons (Fsp3) is 0.316. The highest BCUT2D eigenvalue weighted by Crippen LogP contribution is 2.37. The van der Waals surface area contributed by atoms with Crippen LogP contribution >= 0.6 is 0 Å². The first-order chi connectivity index (χ1) is 10.9. The summed E-state index contributed by atoms with van der Waals surface area (Å²) in [6.45, 7) is 0. The van der Waals surface area contributed by atoms with E-state index in [9.17, 15) is 0 Å². The van der Waals surface area contributed by atoms with E-state index < -0.39 is 0 Å². The van der Waals surface area contributed by atoms with E-state index in [4.69, 9.17) is 4.98 Å². The molecule has 0 bridgehead atoms. The minimum Gasteiger partial charge on any atom is -0.322 e. The molecule has 5 rings (SSSR count). The Morgan fingerprint density at radius 1 is 0.909 bits per heavy atom. The molecule has 3 aromatic heterocycles. The number of hydrogen-bond acceptors (Lipinski definition) is 1. The summed E-state index contributed by atoms with van der Waals surface area (Å²) in [4.78, 5) is 4.90. The molecule has 1 aliphatic rings. The van der Waals surface area contributed by atoms with Gasteiger partial charge in [0.25, 0.3) is 0 Å². The van der Waals surface area contributed by atoms with Gasteiger partial charge in [0.2, 0.25) is 0 Å². The second-order valence-electron chi connectivity index (χ2n) is 6.39. The number of fused-ring (bicyclic) bond motifs is 5. The van der Waals surface area contributed by atoms with Crippen LogP contribution in [0.1, 0.15) is 38.1 Å². The van der Waals surface area contributed by atoms with Crippen molar-refractivity contribution in [2.75, 3.05) is 0 Å². The number of pyridine rings is 1. The number of hydrogen-bond donors (Lipinski definition) is 0. The van der Waals surface area contributed by atoms with Crippen LogP contribution in [-0.2, 0) is 0 Å². The Labute approximate surface area is 129 Å². The third kappa shape index (κ3) is 1.59. The van der Waals surface area contributed by atoms with Crippen molar-refractivity contribution in [2.45, 2.75) is 38.1 Å². The van der Waals surface area contributed by atoms with Gasteiger partial charge in [-0.2, -0.15) is 0 Å². The molecule has 0 saturated heterocycles. The molecule has 3 nitrogen and oxygen atoms in total. The van der Waals surface area contributed by atoms with Gasteiger partial charge in [-0.1, -0.05) is 43.5 Å². The van der Waals surface area contributed by atoms with Crippen LogP contribution in [-0.4, -0.2) is 14.0 Å². The fourth-order valence-electron chi connectivity index (χ4n) is 4.10. The fourth-order valence-corrected chi connectivity index (χ4v) is 4.10. The first kappa shape index (κ1) is 12.3. The maximum Gasteiger partial charge on any atom is 0.146 e. The lowest BCUT2D eigenvalue weighted by atomic mass is 9.95. The molecule has 1 saturated carbocycles.